The first-order chi connectivity index (χ1) is 17.0. The molecule has 1 aromatic carbocycles. The molecule has 186 valence electrons. The molecule has 0 saturated carbocycles. The van der Waals surface area contributed by atoms with Crippen LogP contribution in [0, 0.1) is 5.82 Å². The van der Waals surface area contributed by atoms with Crippen LogP contribution in [0.1, 0.15) is 55.2 Å². The van der Waals surface area contributed by atoms with Crippen LogP contribution in [-0.2, 0) is 0 Å². The van der Waals surface area contributed by atoms with Crippen molar-refractivity contribution in [1.29, 1.82) is 0 Å². The Labute approximate surface area is 205 Å². The van der Waals surface area contributed by atoms with Crippen LogP contribution in [0.25, 0.3) is 10.8 Å². The molecule has 5 rings (SSSR count). The monoisotopic (exact) mass is 479 g/mol. The fourth-order valence-corrected chi connectivity index (χ4v) is 5.22. The highest BCUT2D eigenvalue weighted by molar-refractivity contribution is 5.92. The van der Waals surface area contributed by atoms with Crippen molar-refractivity contribution in [1.82, 2.24) is 20.2 Å². The van der Waals surface area contributed by atoms with Gasteiger partial charge in [-0.2, -0.15) is 0 Å². The van der Waals surface area contributed by atoms with Crippen molar-refractivity contribution in [3.8, 4) is 0 Å². The van der Waals surface area contributed by atoms with Crippen LogP contribution in [0.4, 0.5) is 10.1 Å². The summed E-state index contributed by atoms with van der Waals surface area (Å²) in [6, 6.07) is 10.9. The molecular formula is C27H34FN5O2. The lowest BCUT2D eigenvalue weighted by Crippen LogP contribution is -2.44. The minimum absolute atomic E-state index is 0.140. The van der Waals surface area contributed by atoms with Gasteiger partial charge in [-0.05, 0) is 55.5 Å². The number of carbonyl (C=O) groups excluding carboxylic acids is 1. The molecule has 1 atom stereocenters. The SMILES string of the molecule is CC.CNC(=O)c1ccc(N2CCC(N3CCC(c4cc5cccc(F)c5c(=O)[nH]4)C3)CC2)cn1. The van der Waals surface area contributed by atoms with Crippen molar-refractivity contribution in [2.24, 2.45) is 0 Å². The van der Waals surface area contributed by atoms with Gasteiger partial charge in [-0.3, -0.25) is 14.5 Å². The first-order valence-electron chi connectivity index (χ1n) is 12.5. The summed E-state index contributed by atoms with van der Waals surface area (Å²) < 4.78 is 14.0. The Morgan fingerprint density at radius 2 is 1.89 bits per heavy atom. The van der Waals surface area contributed by atoms with E-state index >= 15 is 0 Å². The maximum absolute atomic E-state index is 14.0. The summed E-state index contributed by atoms with van der Waals surface area (Å²) in [5.74, 6) is -0.398. The van der Waals surface area contributed by atoms with Crippen molar-refractivity contribution in [3.05, 3.63) is 70.2 Å². The van der Waals surface area contributed by atoms with Crippen molar-refractivity contribution >= 4 is 22.4 Å². The number of carbonyl (C=O) groups is 1. The highest BCUT2D eigenvalue weighted by atomic mass is 19.1. The molecule has 0 spiro atoms. The molecular weight excluding hydrogens is 445 g/mol. The van der Waals surface area contributed by atoms with Crippen LogP contribution in [0.15, 0.2) is 47.4 Å². The Morgan fingerprint density at radius 3 is 2.57 bits per heavy atom. The molecule has 2 aliphatic rings. The first kappa shape index (κ1) is 24.9. The minimum Gasteiger partial charge on any atom is -0.370 e. The van der Waals surface area contributed by atoms with Gasteiger partial charge in [-0.25, -0.2) is 9.37 Å². The van der Waals surface area contributed by atoms with Gasteiger partial charge < -0.3 is 15.2 Å². The molecule has 2 aromatic heterocycles. The molecule has 2 fully saturated rings. The Balaban J connectivity index is 0.00000141. The van der Waals surface area contributed by atoms with E-state index in [4.69, 9.17) is 0 Å². The molecule has 0 bridgehead atoms. The number of piperidine rings is 1. The van der Waals surface area contributed by atoms with Crippen LogP contribution in [0.5, 0.6) is 0 Å². The van der Waals surface area contributed by atoms with Crippen molar-refractivity contribution in [3.63, 3.8) is 0 Å². The minimum atomic E-state index is -0.474. The second-order valence-corrected chi connectivity index (χ2v) is 8.94. The van der Waals surface area contributed by atoms with E-state index in [1.165, 1.54) is 6.07 Å². The molecule has 1 amide bonds. The maximum atomic E-state index is 14.0. The standard InChI is InChI=1S/C25H28FN5O2.C2H6/c1-27-24(32)21-6-5-19(14-28-21)30-11-8-18(9-12-30)31-10-7-17(15-31)22-13-16-3-2-4-20(26)23(16)25(33)29-22;1-2/h2-6,13-14,17-18H,7-12,15H2,1H3,(H,27,32)(H,29,33);1-2H3. The van der Waals surface area contributed by atoms with E-state index in [0.29, 0.717) is 17.1 Å². The van der Waals surface area contributed by atoms with Gasteiger partial charge in [0.15, 0.2) is 0 Å². The largest absolute Gasteiger partial charge is 0.370 e. The summed E-state index contributed by atoms with van der Waals surface area (Å²) in [4.78, 5) is 36.2. The summed E-state index contributed by atoms with van der Waals surface area (Å²) in [6.45, 7) is 7.79. The topological polar surface area (TPSA) is 81.3 Å². The van der Waals surface area contributed by atoms with Gasteiger partial charge in [-0.15, -0.1) is 0 Å². The fourth-order valence-electron chi connectivity index (χ4n) is 5.22. The predicted octanol–water partition coefficient (Wildman–Crippen LogP) is 3.91. The Bertz CT molecular complexity index is 1220. The summed E-state index contributed by atoms with van der Waals surface area (Å²) in [7, 11) is 1.60. The van der Waals surface area contributed by atoms with Gasteiger partial charge in [0.05, 0.1) is 17.3 Å². The molecule has 0 radical (unpaired) electrons. The average molecular weight is 480 g/mol. The molecule has 7 nitrogen and oxygen atoms in total. The van der Waals surface area contributed by atoms with Crippen molar-refractivity contribution in [2.75, 3.05) is 38.1 Å². The zero-order chi connectivity index (χ0) is 24.9. The molecule has 8 heteroatoms. The van der Waals surface area contributed by atoms with Gasteiger partial charge >= 0.3 is 0 Å². The number of nitrogens with zero attached hydrogens (tertiary/aromatic N) is 3. The second-order valence-electron chi connectivity index (χ2n) is 8.94. The number of amides is 1. The number of fused-ring (bicyclic) bond motifs is 1. The smallest absolute Gasteiger partial charge is 0.269 e. The lowest BCUT2D eigenvalue weighted by Gasteiger charge is -2.37. The first-order valence-corrected chi connectivity index (χ1v) is 12.5. The predicted molar refractivity (Wildman–Crippen MR) is 138 cm³/mol. The summed E-state index contributed by atoms with van der Waals surface area (Å²) in [5.41, 5.74) is 2.03. The van der Waals surface area contributed by atoms with E-state index in [1.807, 2.05) is 26.0 Å². The third kappa shape index (κ3) is 5.22. The number of pyridine rings is 2. The molecule has 3 aromatic rings. The van der Waals surface area contributed by atoms with Gasteiger partial charge in [0.25, 0.3) is 11.5 Å². The number of H-pyrrole nitrogens is 1. The van der Waals surface area contributed by atoms with E-state index in [-0.39, 0.29) is 22.8 Å². The van der Waals surface area contributed by atoms with Crippen LogP contribution < -0.4 is 15.8 Å². The molecule has 2 aliphatic heterocycles. The Morgan fingerprint density at radius 1 is 1.11 bits per heavy atom. The molecule has 4 heterocycles. The molecule has 1 unspecified atom stereocenters. The molecule has 2 saturated heterocycles. The zero-order valence-corrected chi connectivity index (χ0v) is 20.7. The average Bonchev–Trinajstić information content (AvgIpc) is 3.40. The lowest BCUT2D eigenvalue weighted by molar-refractivity contribution is 0.0958. The zero-order valence-electron chi connectivity index (χ0n) is 20.7. The van der Waals surface area contributed by atoms with Gasteiger partial charge in [0.1, 0.15) is 11.5 Å². The molecule has 35 heavy (non-hydrogen) atoms. The van der Waals surface area contributed by atoms with Crippen LogP contribution in [-0.4, -0.2) is 60.0 Å². The molecule has 0 aliphatic carbocycles. The summed E-state index contributed by atoms with van der Waals surface area (Å²) >= 11 is 0. The van der Waals surface area contributed by atoms with Crippen LogP contribution in [0.3, 0.4) is 0 Å². The van der Waals surface area contributed by atoms with Crippen molar-refractivity contribution < 1.29 is 9.18 Å². The number of halogens is 1. The fraction of sp³-hybridized carbons (Fsp3) is 0.444. The van der Waals surface area contributed by atoms with Gasteiger partial charge in [0, 0.05) is 44.3 Å². The summed E-state index contributed by atoms with van der Waals surface area (Å²) in [5, 5.41) is 3.39. The highest BCUT2D eigenvalue weighted by Crippen LogP contribution is 2.31. The van der Waals surface area contributed by atoms with Crippen LogP contribution in [0.2, 0.25) is 0 Å². The van der Waals surface area contributed by atoms with Crippen molar-refractivity contribution in [2.45, 2.75) is 45.1 Å². The number of nitrogens with one attached hydrogen (secondary N) is 2. The van der Waals surface area contributed by atoms with Gasteiger partial charge in [-0.1, -0.05) is 26.0 Å². The van der Waals surface area contributed by atoms with E-state index in [9.17, 15) is 14.0 Å². The number of aromatic amines is 1. The lowest BCUT2D eigenvalue weighted by atomic mass is 10.0. The Hall–Kier alpha value is -3.26. The summed E-state index contributed by atoms with van der Waals surface area (Å²) in [6.07, 6.45) is 4.88. The molecule has 2 N–H and O–H groups in total. The normalized spacial score (nSPS) is 18.9. The van der Waals surface area contributed by atoms with Gasteiger partial charge in [0.2, 0.25) is 0 Å². The van der Waals surface area contributed by atoms with E-state index in [2.05, 4.69) is 25.1 Å². The van der Waals surface area contributed by atoms with E-state index in [0.717, 1.165) is 56.8 Å². The number of benzene rings is 1. The van der Waals surface area contributed by atoms with E-state index in [1.54, 1.807) is 31.4 Å². The maximum Gasteiger partial charge on any atom is 0.269 e. The highest BCUT2D eigenvalue weighted by Gasteiger charge is 2.32. The number of likely N-dealkylation sites (tertiary alicyclic amines) is 1. The Kier molecular flexibility index (Phi) is 7.80. The number of rotatable bonds is 4. The third-order valence-corrected chi connectivity index (χ3v) is 7.05. The number of anilines is 1. The van der Waals surface area contributed by atoms with E-state index < -0.39 is 5.82 Å². The number of hydrogen-bond donors (Lipinski definition) is 2. The van der Waals surface area contributed by atoms with Crippen LogP contribution >= 0.6 is 0 Å². The quantitative estimate of drug-likeness (QED) is 0.593. The third-order valence-electron chi connectivity index (χ3n) is 7.05. The second kappa shape index (κ2) is 11.0. The number of aromatic nitrogens is 2. The number of hydrogen-bond acceptors (Lipinski definition) is 5.